The highest BCUT2D eigenvalue weighted by Gasteiger charge is 2.29. The molecule has 13 heavy (non-hydrogen) atoms. The molecule has 0 heterocycles. The quantitative estimate of drug-likeness (QED) is 0.668. The van der Waals surface area contributed by atoms with E-state index in [1.165, 1.54) is 0 Å². The van der Waals surface area contributed by atoms with E-state index in [2.05, 4.69) is 6.92 Å². The number of rotatable bonds is 3. The van der Waals surface area contributed by atoms with Gasteiger partial charge in [-0.25, -0.2) is 0 Å². The molecule has 0 bridgehead atoms. The summed E-state index contributed by atoms with van der Waals surface area (Å²) in [6.07, 6.45) is 5.66. The lowest BCUT2D eigenvalue weighted by Crippen LogP contribution is -2.30. The molecule has 1 nitrogen and oxygen atoms in total. The van der Waals surface area contributed by atoms with Gasteiger partial charge in [0, 0.05) is 0 Å². The van der Waals surface area contributed by atoms with E-state index in [-0.39, 0.29) is 11.2 Å². The van der Waals surface area contributed by atoms with Gasteiger partial charge < -0.3 is 0 Å². The molecule has 0 saturated carbocycles. The van der Waals surface area contributed by atoms with Gasteiger partial charge in [-0.2, -0.15) is 0 Å². The molecule has 0 aromatic rings. The van der Waals surface area contributed by atoms with Gasteiger partial charge in [0.1, 0.15) is 5.38 Å². The number of carbonyl (C=O) groups is 1. The van der Waals surface area contributed by atoms with Crippen molar-refractivity contribution in [1.29, 1.82) is 0 Å². The minimum atomic E-state index is -0.515. The fourth-order valence-electron chi connectivity index (χ4n) is 1.41. The average Bonchev–Trinajstić information content (AvgIpc) is 2.13. The predicted molar refractivity (Wildman–Crippen MR) is 56.5 cm³/mol. The summed E-state index contributed by atoms with van der Waals surface area (Å²) >= 11 is 11.7. The number of allylic oxidation sites excluding steroid dienone is 2. The zero-order valence-corrected chi connectivity index (χ0v) is 9.24. The van der Waals surface area contributed by atoms with Crippen molar-refractivity contribution in [2.45, 2.75) is 43.4 Å². The van der Waals surface area contributed by atoms with Gasteiger partial charge in [-0.05, 0) is 24.8 Å². The molecule has 0 aromatic heterocycles. The minimum absolute atomic E-state index is 0.0290. The molecule has 2 unspecified atom stereocenters. The Morgan fingerprint density at radius 1 is 1.54 bits per heavy atom. The first-order valence-corrected chi connectivity index (χ1v) is 5.55. The van der Waals surface area contributed by atoms with E-state index in [4.69, 9.17) is 23.2 Å². The van der Waals surface area contributed by atoms with Gasteiger partial charge in [0.05, 0.1) is 5.38 Å². The maximum Gasteiger partial charge on any atom is 0.177 e. The van der Waals surface area contributed by atoms with E-state index in [1.54, 1.807) is 0 Å². The van der Waals surface area contributed by atoms with E-state index < -0.39 is 5.38 Å². The number of hydrogen-bond donors (Lipinski definition) is 0. The summed E-state index contributed by atoms with van der Waals surface area (Å²) in [6, 6.07) is 0. The van der Waals surface area contributed by atoms with Gasteiger partial charge in [0.2, 0.25) is 0 Å². The molecule has 1 rings (SSSR count). The Kier molecular flexibility index (Phi) is 4.27. The molecule has 0 N–H and O–H groups in total. The minimum Gasteiger partial charge on any atom is -0.293 e. The summed E-state index contributed by atoms with van der Waals surface area (Å²) in [6.45, 7) is 2.11. The lowest BCUT2D eigenvalue weighted by Gasteiger charge is -2.20. The third-order valence-electron chi connectivity index (χ3n) is 2.27. The summed E-state index contributed by atoms with van der Waals surface area (Å²) in [5.41, 5.74) is 0.874. The number of alkyl halides is 2. The molecule has 0 spiro atoms. The van der Waals surface area contributed by atoms with Crippen LogP contribution in [0.5, 0.6) is 0 Å². The van der Waals surface area contributed by atoms with Crippen molar-refractivity contribution < 1.29 is 4.79 Å². The molecule has 1 aliphatic carbocycles. The molecule has 2 atom stereocenters. The normalized spacial score (nSPS) is 28.8. The fraction of sp³-hybridized carbons (Fsp3) is 0.700. The molecule has 0 radical (unpaired) electrons. The molecule has 3 heteroatoms. The largest absolute Gasteiger partial charge is 0.293 e. The first-order valence-electron chi connectivity index (χ1n) is 4.68. The van der Waals surface area contributed by atoms with Crippen LogP contribution in [0.2, 0.25) is 0 Å². The second-order valence-corrected chi connectivity index (χ2v) is 4.38. The van der Waals surface area contributed by atoms with Gasteiger partial charge in [-0.1, -0.05) is 19.4 Å². The third kappa shape index (κ3) is 2.72. The third-order valence-corrected chi connectivity index (χ3v) is 3.34. The van der Waals surface area contributed by atoms with Gasteiger partial charge in [0.15, 0.2) is 5.78 Å². The van der Waals surface area contributed by atoms with Crippen molar-refractivity contribution in [3.63, 3.8) is 0 Å². The second kappa shape index (κ2) is 5.02. The molecule has 74 valence electrons. The van der Waals surface area contributed by atoms with E-state index in [0.717, 1.165) is 31.3 Å². The van der Waals surface area contributed by atoms with Crippen LogP contribution in [0.3, 0.4) is 0 Å². The topological polar surface area (TPSA) is 17.1 Å². The SMILES string of the molecule is CCCCC1=CCC(Cl)C(Cl)C1=O. The maximum absolute atomic E-state index is 11.6. The van der Waals surface area contributed by atoms with Gasteiger partial charge in [-0.15, -0.1) is 23.2 Å². The lowest BCUT2D eigenvalue weighted by molar-refractivity contribution is -0.115. The zero-order chi connectivity index (χ0) is 9.84. The summed E-state index contributed by atoms with van der Waals surface area (Å²) in [5, 5.41) is -0.738. The van der Waals surface area contributed by atoms with Crippen LogP contribution in [0.25, 0.3) is 0 Å². The van der Waals surface area contributed by atoms with Gasteiger partial charge in [0.25, 0.3) is 0 Å². The Hall–Kier alpha value is -0.0100. The fourth-order valence-corrected chi connectivity index (χ4v) is 1.86. The summed E-state index contributed by atoms with van der Waals surface area (Å²) < 4.78 is 0. The number of Topliss-reactive ketones (excluding diaryl/α,β-unsaturated/α-hetero) is 1. The van der Waals surface area contributed by atoms with Gasteiger partial charge >= 0.3 is 0 Å². The summed E-state index contributed by atoms with van der Waals surface area (Å²) in [5.74, 6) is 0.0290. The van der Waals surface area contributed by atoms with E-state index in [9.17, 15) is 4.79 Å². The molecule has 0 fully saturated rings. The maximum atomic E-state index is 11.6. The highest BCUT2D eigenvalue weighted by Crippen LogP contribution is 2.26. The van der Waals surface area contributed by atoms with Crippen molar-refractivity contribution in [2.75, 3.05) is 0 Å². The Morgan fingerprint density at radius 3 is 2.85 bits per heavy atom. The predicted octanol–water partition coefficient (Wildman–Crippen LogP) is 3.29. The molecule has 0 aliphatic heterocycles. The number of ketones is 1. The Balaban J connectivity index is 2.59. The lowest BCUT2D eigenvalue weighted by atomic mass is 9.93. The number of unbranched alkanes of at least 4 members (excludes halogenated alkanes) is 1. The van der Waals surface area contributed by atoms with E-state index >= 15 is 0 Å². The number of hydrogen-bond acceptors (Lipinski definition) is 1. The molecule has 1 aliphatic rings. The first-order chi connectivity index (χ1) is 6.16. The van der Waals surface area contributed by atoms with Gasteiger partial charge in [-0.3, -0.25) is 4.79 Å². The standard InChI is InChI=1S/C10H14Cl2O/c1-2-3-4-7-5-6-8(11)9(12)10(7)13/h5,8-9H,2-4,6H2,1H3. The molecule has 0 amide bonds. The number of carbonyl (C=O) groups excluding carboxylic acids is 1. The van der Waals surface area contributed by atoms with E-state index in [1.807, 2.05) is 6.08 Å². The highest BCUT2D eigenvalue weighted by molar-refractivity contribution is 6.40. The Bertz CT molecular complexity index is 223. The van der Waals surface area contributed by atoms with Crippen LogP contribution in [0.1, 0.15) is 32.6 Å². The van der Waals surface area contributed by atoms with Crippen LogP contribution in [-0.4, -0.2) is 16.5 Å². The van der Waals surface area contributed by atoms with Crippen molar-refractivity contribution in [2.24, 2.45) is 0 Å². The summed E-state index contributed by atoms with van der Waals surface area (Å²) in [4.78, 5) is 11.6. The molecular formula is C10H14Cl2O. The van der Waals surface area contributed by atoms with Crippen molar-refractivity contribution >= 4 is 29.0 Å². The molecule has 0 aromatic carbocycles. The van der Waals surface area contributed by atoms with Crippen LogP contribution >= 0.6 is 23.2 Å². The van der Waals surface area contributed by atoms with Crippen molar-refractivity contribution in [3.05, 3.63) is 11.6 Å². The van der Waals surface area contributed by atoms with Crippen LogP contribution < -0.4 is 0 Å². The zero-order valence-electron chi connectivity index (χ0n) is 7.72. The van der Waals surface area contributed by atoms with Crippen LogP contribution in [-0.2, 0) is 4.79 Å². The summed E-state index contributed by atoms with van der Waals surface area (Å²) in [7, 11) is 0. The second-order valence-electron chi connectivity index (χ2n) is 3.35. The van der Waals surface area contributed by atoms with Crippen LogP contribution in [0, 0.1) is 0 Å². The van der Waals surface area contributed by atoms with Crippen molar-refractivity contribution in [1.82, 2.24) is 0 Å². The van der Waals surface area contributed by atoms with Crippen LogP contribution in [0.4, 0.5) is 0 Å². The van der Waals surface area contributed by atoms with Crippen LogP contribution in [0.15, 0.2) is 11.6 Å². The molecular weight excluding hydrogens is 207 g/mol. The highest BCUT2D eigenvalue weighted by atomic mass is 35.5. The number of halogens is 2. The first kappa shape index (κ1) is 11.1. The average molecular weight is 221 g/mol. The smallest absolute Gasteiger partial charge is 0.177 e. The van der Waals surface area contributed by atoms with Crippen molar-refractivity contribution in [3.8, 4) is 0 Å². The Labute approximate surface area is 89.1 Å². The van der Waals surface area contributed by atoms with E-state index in [0.29, 0.717) is 0 Å². The monoisotopic (exact) mass is 220 g/mol. The molecule has 0 saturated heterocycles. The Morgan fingerprint density at radius 2 is 2.23 bits per heavy atom.